The number of anilines is 1. The maximum absolute atomic E-state index is 6.34. The zero-order valence-corrected chi connectivity index (χ0v) is 21.7. The van der Waals surface area contributed by atoms with Gasteiger partial charge in [-0.25, -0.2) is 4.99 Å². The molecular weight excluding hydrogens is 418 g/mol. The molecule has 4 nitrogen and oxygen atoms in total. The highest BCUT2D eigenvalue weighted by Crippen LogP contribution is 2.61. The van der Waals surface area contributed by atoms with E-state index in [-0.39, 0.29) is 0 Å². The molecule has 6 aliphatic rings. The van der Waals surface area contributed by atoms with E-state index in [1.165, 1.54) is 55.3 Å². The largest absolute Gasteiger partial charge is 0.478 e. The minimum absolute atomic E-state index is 0.307. The van der Waals surface area contributed by atoms with Gasteiger partial charge >= 0.3 is 0 Å². The summed E-state index contributed by atoms with van der Waals surface area (Å²) < 4.78 is 6.34. The zero-order chi connectivity index (χ0) is 23.4. The Kier molecular flexibility index (Phi) is 5.69. The molecule has 2 aliphatic heterocycles. The van der Waals surface area contributed by atoms with Gasteiger partial charge < -0.3 is 14.5 Å². The second kappa shape index (κ2) is 8.60. The van der Waals surface area contributed by atoms with E-state index in [0.29, 0.717) is 23.3 Å². The molecule has 34 heavy (non-hydrogen) atoms. The van der Waals surface area contributed by atoms with Crippen molar-refractivity contribution >= 4 is 11.6 Å². The van der Waals surface area contributed by atoms with Crippen LogP contribution in [0.5, 0.6) is 0 Å². The van der Waals surface area contributed by atoms with E-state index in [1.54, 1.807) is 0 Å². The topological polar surface area (TPSA) is 28.1 Å². The molecule has 1 aromatic carbocycles. The second-order valence-corrected chi connectivity index (χ2v) is 12.7. The molecule has 0 saturated heterocycles. The van der Waals surface area contributed by atoms with Crippen LogP contribution in [0.3, 0.4) is 0 Å². The molecule has 1 atom stereocenters. The van der Waals surface area contributed by atoms with Crippen LogP contribution in [-0.2, 0) is 4.74 Å². The lowest BCUT2D eigenvalue weighted by atomic mass is 9.49. The number of aliphatic imine (C=N–C) groups is 1. The van der Waals surface area contributed by atoms with E-state index >= 15 is 0 Å². The molecule has 1 aromatic rings. The molecule has 0 spiro atoms. The number of para-hydroxylation sites is 1. The number of hydrogen-bond donors (Lipinski definition) is 0. The average molecular weight is 462 g/mol. The van der Waals surface area contributed by atoms with Gasteiger partial charge in [0, 0.05) is 30.0 Å². The van der Waals surface area contributed by atoms with E-state index in [4.69, 9.17) is 9.73 Å². The second-order valence-electron chi connectivity index (χ2n) is 12.7. The van der Waals surface area contributed by atoms with Crippen molar-refractivity contribution in [3.05, 3.63) is 41.7 Å². The summed E-state index contributed by atoms with van der Waals surface area (Å²) in [5, 5.41) is 0. The summed E-state index contributed by atoms with van der Waals surface area (Å²) in [6, 6.07) is 7.17. The van der Waals surface area contributed by atoms with Crippen LogP contribution < -0.4 is 4.90 Å². The van der Waals surface area contributed by atoms with Crippen molar-refractivity contribution in [2.45, 2.75) is 90.5 Å². The Morgan fingerprint density at radius 2 is 1.56 bits per heavy atom. The Morgan fingerprint density at radius 1 is 0.941 bits per heavy atom. The molecule has 0 radical (unpaired) electrons. The van der Waals surface area contributed by atoms with Crippen LogP contribution in [0.25, 0.3) is 0 Å². The monoisotopic (exact) mass is 461 g/mol. The molecule has 184 valence electrons. The van der Waals surface area contributed by atoms with Crippen molar-refractivity contribution in [1.82, 2.24) is 4.90 Å². The molecule has 0 amide bonds. The van der Waals surface area contributed by atoms with Crippen LogP contribution >= 0.6 is 0 Å². The molecule has 7 rings (SSSR count). The third-order valence-corrected chi connectivity index (χ3v) is 9.37. The molecule has 0 aromatic heterocycles. The molecule has 4 heteroatoms. The first-order valence-corrected chi connectivity index (χ1v) is 13.9. The standard InChI is InChI=1S/C30H43N3O/c1-20(2)26-6-5-7-27(21(3)4)28(26)33-11-10-32(19-33)9-8-25-18-34-29(31-25)30-15-22-12-23(16-30)14-24(13-22)17-30/h5-7,10-11,20-25H,8-9,12-19H2,1-4H3. The SMILES string of the molecule is CC(C)c1cccc(C(C)C)c1N1C=CN(CCC2COC(C34CC5CC(CC(C5)C3)C4)=N2)C1. The number of hydrogen-bond acceptors (Lipinski definition) is 4. The Bertz CT molecular complexity index is 916. The first kappa shape index (κ1) is 22.5. The van der Waals surface area contributed by atoms with Gasteiger partial charge in [0.05, 0.1) is 12.7 Å². The van der Waals surface area contributed by atoms with Gasteiger partial charge in [0.2, 0.25) is 0 Å². The van der Waals surface area contributed by atoms with Gasteiger partial charge in [0.15, 0.2) is 5.90 Å². The lowest BCUT2D eigenvalue weighted by Gasteiger charge is -2.56. The first-order valence-electron chi connectivity index (χ1n) is 13.9. The van der Waals surface area contributed by atoms with Crippen molar-refractivity contribution in [2.24, 2.45) is 28.2 Å². The fraction of sp³-hybridized carbons (Fsp3) is 0.700. The van der Waals surface area contributed by atoms with E-state index in [9.17, 15) is 0 Å². The Labute approximate surface area is 206 Å². The normalized spacial score (nSPS) is 34.0. The molecule has 4 saturated carbocycles. The van der Waals surface area contributed by atoms with Gasteiger partial charge in [-0.2, -0.15) is 0 Å². The van der Waals surface area contributed by atoms with Gasteiger partial charge in [-0.05, 0) is 85.7 Å². The summed E-state index contributed by atoms with van der Waals surface area (Å²) in [5.41, 5.74) is 4.62. The molecule has 4 bridgehead atoms. The highest BCUT2D eigenvalue weighted by molar-refractivity contribution is 5.84. The van der Waals surface area contributed by atoms with Gasteiger partial charge in [-0.15, -0.1) is 0 Å². The Morgan fingerprint density at radius 3 is 2.15 bits per heavy atom. The maximum atomic E-state index is 6.34. The lowest BCUT2D eigenvalue weighted by molar-refractivity contribution is -0.0226. The van der Waals surface area contributed by atoms with Crippen LogP contribution in [0.2, 0.25) is 0 Å². The Balaban J connectivity index is 1.09. The smallest absolute Gasteiger partial charge is 0.190 e. The molecule has 2 heterocycles. The molecule has 4 fully saturated rings. The van der Waals surface area contributed by atoms with E-state index < -0.39 is 0 Å². The number of benzene rings is 1. The fourth-order valence-electron chi connectivity index (χ4n) is 8.14. The highest BCUT2D eigenvalue weighted by atomic mass is 16.5. The predicted molar refractivity (Wildman–Crippen MR) is 140 cm³/mol. The highest BCUT2D eigenvalue weighted by Gasteiger charge is 2.55. The minimum Gasteiger partial charge on any atom is -0.478 e. The number of nitrogens with zero attached hydrogens (tertiary/aromatic N) is 3. The van der Waals surface area contributed by atoms with Crippen LogP contribution in [0.4, 0.5) is 5.69 Å². The van der Waals surface area contributed by atoms with Gasteiger partial charge in [0.1, 0.15) is 6.61 Å². The van der Waals surface area contributed by atoms with Gasteiger partial charge in [-0.3, -0.25) is 0 Å². The fourth-order valence-corrected chi connectivity index (χ4v) is 8.14. The van der Waals surface area contributed by atoms with Crippen LogP contribution in [0, 0.1) is 23.2 Å². The summed E-state index contributed by atoms with van der Waals surface area (Å²) in [4.78, 5) is 10.1. The summed E-state index contributed by atoms with van der Waals surface area (Å²) in [6.07, 6.45) is 14.1. The third kappa shape index (κ3) is 3.95. The zero-order valence-electron chi connectivity index (χ0n) is 21.7. The first-order chi connectivity index (χ1) is 16.4. The number of ether oxygens (including phenoxy) is 1. The van der Waals surface area contributed by atoms with Crippen molar-refractivity contribution in [3.63, 3.8) is 0 Å². The van der Waals surface area contributed by atoms with Crippen molar-refractivity contribution in [1.29, 1.82) is 0 Å². The summed E-state index contributed by atoms with van der Waals surface area (Å²) >= 11 is 0. The molecule has 0 N–H and O–H groups in total. The predicted octanol–water partition coefficient (Wildman–Crippen LogP) is 6.89. The van der Waals surface area contributed by atoms with Gasteiger partial charge in [-0.1, -0.05) is 45.9 Å². The quantitative estimate of drug-likeness (QED) is 0.443. The van der Waals surface area contributed by atoms with Crippen molar-refractivity contribution in [3.8, 4) is 0 Å². The molecular formula is C30H43N3O. The van der Waals surface area contributed by atoms with E-state index in [0.717, 1.165) is 49.9 Å². The van der Waals surface area contributed by atoms with Crippen molar-refractivity contribution < 1.29 is 4.74 Å². The van der Waals surface area contributed by atoms with E-state index in [1.807, 2.05) is 0 Å². The third-order valence-electron chi connectivity index (χ3n) is 9.37. The number of rotatable bonds is 7. The van der Waals surface area contributed by atoms with Crippen LogP contribution in [-0.4, -0.2) is 36.7 Å². The van der Waals surface area contributed by atoms with Crippen molar-refractivity contribution in [2.75, 3.05) is 24.7 Å². The van der Waals surface area contributed by atoms with E-state index in [2.05, 4.69) is 68.1 Å². The molecule has 1 unspecified atom stereocenters. The van der Waals surface area contributed by atoms with Crippen LogP contribution in [0.15, 0.2) is 35.6 Å². The average Bonchev–Trinajstić information content (AvgIpc) is 3.46. The maximum Gasteiger partial charge on any atom is 0.190 e. The summed E-state index contributed by atoms with van der Waals surface area (Å²) in [7, 11) is 0. The minimum atomic E-state index is 0.307. The lowest BCUT2D eigenvalue weighted by Crippen LogP contribution is -2.50. The summed E-state index contributed by atoms with van der Waals surface area (Å²) in [6.45, 7) is 12.0. The summed E-state index contributed by atoms with van der Waals surface area (Å²) in [5.74, 6) is 5.03. The Hall–Kier alpha value is -1.97. The van der Waals surface area contributed by atoms with Gasteiger partial charge in [0.25, 0.3) is 0 Å². The molecule has 4 aliphatic carbocycles. The van der Waals surface area contributed by atoms with Crippen LogP contribution in [0.1, 0.15) is 95.6 Å².